The number of rotatable bonds is 3. The van der Waals surface area contributed by atoms with E-state index >= 15 is 0 Å². The molecule has 1 amide bonds. The van der Waals surface area contributed by atoms with Crippen LogP contribution in [0.25, 0.3) is 0 Å². The number of likely N-dealkylation sites (tertiary alicyclic amines) is 1. The van der Waals surface area contributed by atoms with Crippen molar-refractivity contribution in [1.29, 1.82) is 0 Å². The van der Waals surface area contributed by atoms with Crippen LogP contribution in [0.1, 0.15) is 38.5 Å². The van der Waals surface area contributed by atoms with Crippen LogP contribution in [-0.2, 0) is 4.79 Å². The van der Waals surface area contributed by atoms with Crippen LogP contribution >= 0.6 is 0 Å². The Hall–Kier alpha value is -0.570. The number of fused-ring (bicyclic) bond motifs is 1. The predicted octanol–water partition coefficient (Wildman–Crippen LogP) is 1.62. The Bertz CT molecular complexity index is 287. The summed E-state index contributed by atoms with van der Waals surface area (Å²) in [5.41, 5.74) is 5.59. The topological polar surface area (TPSA) is 46.3 Å². The molecule has 1 saturated heterocycles. The van der Waals surface area contributed by atoms with E-state index in [9.17, 15) is 4.79 Å². The lowest BCUT2D eigenvalue weighted by molar-refractivity contribution is -0.137. The molecule has 1 heterocycles. The van der Waals surface area contributed by atoms with Crippen molar-refractivity contribution in [2.45, 2.75) is 38.5 Å². The number of hydrogen-bond donors (Lipinski definition) is 1. The molecule has 2 saturated carbocycles. The fraction of sp³-hybridized carbons (Fsp3) is 0.929. The SMILES string of the molecule is NCCC1CCN(C(=O)C2CC3CC3C2)CC1. The number of hydrogen-bond acceptors (Lipinski definition) is 2. The molecular formula is C14H24N2O. The Balaban J connectivity index is 1.47. The number of amides is 1. The fourth-order valence-electron chi connectivity index (χ4n) is 3.85. The summed E-state index contributed by atoms with van der Waals surface area (Å²) in [6, 6.07) is 0. The minimum Gasteiger partial charge on any atom is -0.342 e. The summed E-state index contributed by atoms with van der Waals surface area (Å²) in [7, 11) is 0. The molecule has 3 fully saturated rings. The van der Waals surface area contributed by atoms with E-state index in [4.69, 9.17) is 5.73 Å². The summed E-state index contributed by atoms with van der Waals surface area (Å²) in [4.78, 5) is 14.5. The normalized spacial score (nSPS) is 37.0. The van der Waals surface area contributed by atoms with Gasteiger partial charge in [-0.3, -0.25) is 4.79 Å². The molecule has 2 atom stereocenters. The number of nitrogens with zero attached hydrogens (tertiary/aromatic N) is 1. The maximum absolute atomic E-state index is 12.3. The van der Waals surface area contributed by atoms with E-state index < -0.39 is 0 Å². The maximum atomic E-state index is 12.3. The molecule has 1 aliphatic heterocycles. The molecule has 3 rings (SSSR count). The van der Waals surface area contributed by atoms with E-state index in [-0.39, 0.29) is 0 Å². The number of carbonyl (C=O) groups is 1. The Kier molecular flexibility index (Phi) is 3.12. The van der Waals surface area contributed by atoms with Crippen LogP contribution in [-0.4, -0.2) is 30.4 Å². The van der Waals surface area contributed by atoms with Crippen molar-refractivity contribution in [3.05, 3.63) is 0 Å². The van der Waals surface area contributed by atoms with Gasteiger partial charge in [0.05, 0.1) is 0 Å². The first-order chi connectivity index (χ1) is 8.28. The molecule has 0 aromatic heterocycles. The first-order valence-corrected chi connectivity index (χ1v) is 7.26. The lowest BCUT2D eigenvalue weighted by Crippen LogP contribution is -2.41. The molecule has 17 heavy (non-hydrogen) atoms. The van der Waals surface area contributed by atoms with Crippen molar-refractivity contribution in [2.75, 3.05) is 19.6 Å². The van der Waals surface area contributed by atoms with Crippen LogP contribution in [0.2, 0.25) is 0 Å². The Morgan fingerprint density at radius 3 is 2.35 bits per heavy atom. The van der Waals surface area contributed by atoms with Gasteiger partial charge in [0.2, 0.25) is 5.91 Å². The van der Waals surface area contributed by atoms with Crippen LogP contribution < -0.4 is 5.73 Å². The summed E-state index contributed by atoms with van der Waals surface area (Å²) >= 11 is 0. The van der Waals surface area contributed by atoms with Crippen molar-refractivity contribution in [2.24, 2.45) is 29.4 Å². The van der Waals surface area contributed by atoms with Crippen LogP contribution in [0.3, 0.4) is 0 Å². The van der Waals surface area contributed by atoms with E-state index in [1.165, 1.54) is 32.1 Å². The van der Waals surface area contributed by atoms with Crippen LogP contribution in [0.15, 0.2) is 0 Å². The highest BCUT2D eigenvalue weighted by atomic mass is 16.2. The molecule has 3 aliphatic rings. The van der Waals surface area contributed by atoms with E-state index in [2.05, 4.69) is 4.90 Å². The van der Waals surface area contributed by atoms with Crippen molar-refractivity contribution < 1.29 is 4.79 Å². The van der Waals surface area contributed by atoms with E-state index in [1.54, 1.807) is 0 Å². The fourth-order valence-corrected chi connectivity index (χ4v) is 3.85. The second-order valence-corrected chi connectivity index (χ2v) is 6.27. The van der Waals surface area contributed by atoms with E-state index in [1.807, 2.05) is 0 Å². The monoisotopic (exact) mass is 236 g/mol. The van der Waals surface area contributed by atoms with Gasteiger partial charge in [-0.05, 0) is 62.8 Å². The summed E-state index contributed by atoms with van der Waals surface area (Å²) in [6.07, 6.45) is 7.25. The van der Waals surface area contributed by atoms with Gasteiger partial charge in [-0.1, -0.05) is 0 Å². The first kappa shape index (κ1) is 11.5. The van der Waals surface area contributed by atoms with Gasteiger partial charge in [0.15, 0.2) is 0 Å². The predicted molar refractivity (Wildman–Crippen MR) is 67.3 cm³/mol. The zero-order chi connectivity index (χ0) is 11.8. The van der Waals surface area contributed by atoms with Gasteiger partial charge < -0.3 is 10.6 Å². The molecule has 96 valence electrons. The molecule has 3 heteroatoms. The highest BCUT2D eigenvalue weighted by Crippen LogP contribution is 2.54. The summed E-state index contributed by atoms with van der Waals surface area (Å²) in [6.45, 7) is 2.76. The lowest BCUT2D eigenvalue weighted by Gasteiger charge is -2.33. The third-order valence-electron chi connectivity index (χ3n) is 5.09. The molecule has 0 aromatic rings. The van der Waals surface area contributed by atoms with E-state index in [0.29, 0.717) is 11.8 Å². The molecule has 0 radical (unpaired) electrons. The molecule has 2 unspecified atom stereocenters. The van der Waals surface area contributed by atoms with Crippen molar-refractivity contribution in [3.8, 4) is 0 Å². The number of carbonyl (C=O) groups excluding carboxylic acids is 1. The Morgan fingerprint density at radius 1 is 1.12 bits per heavy atom. The number of piperidine rings is 1. The summed E-state index contributed by atoms with van der Waals surface area (Å²) < 4.78 is 0. The Labute approximate surface area is 104 Å². The highest BCUT2D eigenvalue weighted by molar-refractivity contribution is 5.79. The molecule has 0 spiro atoms. The summed E-state index contributed by atoms with van der Waals surface area (Å²) in [5.74, 6) is 3.44. The zero-order valence-electron chi connectivity index (χ0n) is 10.6. The molecule has 2 aliphatic carbocycles. The van der Waals surface area contributed by atoms with Gasteiger partial charge in [-0.2, -0.15) is 0 Å². The van der Waals surface area contributed by atoms with E-state index in [0.717, 1.165) is 43.8 Å². The average molecular weight is 236 g/mol. The second-order valence-electron chi connectivity index (χ2n) is 6.27. The lowest BCUT2D eigenvalue weighted by atomic mass is 9.92. The number of nitrogens with two attached hydrogens (primary N) is 1. The molecular weight excluding hydrogens is 212 g/mol. The standard InChI is InChI=1S/C14H24N2O/c15-4-1-10-2-5-16(6-3-10)14(17)13-8-11-7-12(11)9-13/h10-13H,1-9,15H2. The molecule has 3 nitrogen and oxygen atoms in total. The average Bonchev–Trinajstić information content (AvgIpc) is 2.97. The van der Waals surface area contributed by atoms with Crippen LogP contribution in [0, 0.1) is 23.7 Å². The quantitative estimate of drug-likeness (QED) is 0.809. The van der Waals surface area contributed by atoms with Gasteiger partial charge in [0.25, 0.3) is 0 Å². The summed E-state index contributed by atoms with van der Waals surface area (Å²) in [5, 5.41) is 0. The smallest absolute Gasteiger partial charge is 0.225 e. The molecule has 0 aromatic carbocycles. The van der Waals surface area contributed by atoms with Gasteiger partial charge in [0.1, 0.15) is 0 Å². The largest absolute Gasteiger partial charge is 0.342 e. The second kappa shape index (κ2) is 4.60. The Morgan fingerprint density at radius 2 is 1.76 bits per heavy atom. The van der Waals surface area contributed by atoms with Crippen LogP contribution in [0.5, 0.6) is 0 Å². The van der Waals surface area contributed by atoms with Gasteiger partial charge in [-0.15, -0.1) is 0 Å². The minimum absolute atomic E-state index is 0.379. The third-order valence-corrected chi connectivity index (χ3v) is 5.09. The maximum Gasteiger partial charge on any atom is 0.225 e. The third kappa shape index (κ3) is 2.35. The van der Waals surface area contributed by atoms with Crippen molar-refractivity contribution in [3.63, 3.8) is 0 Å². The zero-order valence-corrected chi connectivity index (χ0v) is 10.6. The first-order valence-electron chi connectivity index (χ1n) is 7.26. The molecule has 2 N–H and O–H groups in total. The van der Waals surface area contributed by atoms with Gasteiger partial charge >= 0.3 is 0 Å². The molecule has 0 bridgehead atoms. The minimum atomic E-state index is 0.379. The van der Waals surface area contributed by atoms with Gasteiger partial charge in [-0.25, -0.2) is 0 Å². The highest BCUT2D eigenvalue weighted by Gasteiger charge is 2.48. The van der Waals surface area contributed by atoms with Crippen molar-refractivity contribution >= 4 is 5.91 Å². The van der Waals surface area contributed by atoms with Gasteiger partial charge in [0, 0.05) is 19.0 Å². The van der Waals surface area contributed by atoms with Crippen LogP contribution in [0.4, 0.5) is 0 Å². The van der Waals surface area contributed by atoms with Crippen molar-refractivity contribution in [1.82, 2.24) is 4.90 Å².